The average molecular weight is 229 g/mol. The molecule has 0 aliphatic heterocycles. The van der Waals surface area contributed by atoms with E-state index in [1.165, 1.54) is 16.8 Å². The Morgan fingerprint density at radius 2 is 1.88 bits per heavy atom. The van der Waals surface area contributed by atoms with Crippen molar-refractivity contribution in [1.82, 2.24) is 15.1 Å². The Balaban J connectivity index is 2.17. The van der Waals surface area contributed by atoms with Gasteiger partial charge in [-0.25, -0.2) is 0 Å². The lowest BCUT2D eigenvalue weighted by atomic mass is 10.1. The minimum atomic E-state index is 0.300. The van der Waals surface area contributed by atoms with Gasteiger partial charge < -0.3 is 5.32 Å². The molecule has 0 aliphatic rings. The van der Waals surface area contributed by atoms with Crippen molar-refractivity contribution in [3.8, 4) is 0 Å². The second-order valence-corrected chi connectivity index (χ2v) is 4.41. The number of hydrogen-bond donors (Lipinski definition) is 1. The summed E-state index contributed by atoms with van der Waals surface area (Å²) in [6.07, 6.45) is 1.84. The zero-order valence-corrected chi connectivity index (χ0v) is 10.6. The Morgan fingerprint density at radius 1 is 1.18 bits per heavy atom. The normalized spacial score (nSPS) is 12.6. The molecule has 17 heavy (non-hydrogen) atoms. The molecular weight excluding hydrogens is 210 g/mol. The van der Waals surface area contributed by atoms with Crippen LogP contribution in [0.25, 0.3) is 0 Å². The standard InChI is InChI=1S/C14H19N3/c1-11-4-6-13(7-5-11)14(15-3)10-17-12(2)8-9-16-17/h4-9,14-15H,10H2,1-3H3. The van der Waals surface area contributed by atoms with Gasteiger partial charge in [-0.2, -0.15) is 5.10 Å². The fourth-order valence-corrected chi connectivity index (χ4v) is 1.92. The van der Waals surface area contributed by atoms with Crippen LogP contribution in [0.5, 0.6) is 0 Å². The Hall–Kier alpha value is -1.61. The number of hydrogen-bond acceptors (Lipinski definition) is 2. The van der Waals surface area contributed by atoms with Crippen LogP contribution in [0.4, 0.5) is 0 Å². The molecule has 2 aromatic rings. The van der Waals surface area contributed by atoms with Gasteiger partial charge in [-0.15, -0.1) is 0 Å². The van der Waals surface area contributed by atoms with Crippen molar-refractivity contribution in [1.29, 1.82) is 0 Å². The van der Waals surface area contributed by atoms with Gasteiger partial charge in [0, 0.05) is 11.9 Å². The first-order valence-corrected chi connectivity index (χ1v) is 5.93. The van der Waals surface area contributed by atoms with Crippen LogP contribution in [0.2, 0.25) is 0 Å². The van der Waals surface area contributed by atoms with Crippen LogP contribution < -0.4 is 5.32 Å². The van der Waals surface area contributed by atoms with Crippen LogP contribution in [0, 0.1) is 13.8 Å². The number of likely N-dealkylation sites (N-methyl/N-ethyl adjacent to an activating group) is 1. The summed E-state index contributed by atoms with van der Waals surface area (Å²) in [7, 11) is 1.99. The molecule has 1 aromatic carbocycles. The number of nitrogens with zero attached hydrogens (tertiary/aromatic N) is 2. The van der Waals surface area contributed by atoms with Crippen LogP contribution >= 0.6 is 0 Å². The van der Waals surface area contributed by atoms with Crippen molar-refractivity contribution in [2.45, 2.75) is 26.4 Å². The monoisotopic (exact) mass is 229 g/mol. The van der Waals surface area contributed by atoms with Crippen LogP contribution in [0.15, 0.2) is 36.5 Å². The Labute approximate surface area is 102 Å². The molecule has 0 aliphatic carbocycles. The lowest BCUT2D eigenvalue weighted by Gasteiger charge is -2.17. The topological polar surface area (TPSA) is 29.9 Å². The third-order valence-corrected chi connectivity index (χ3v) is 3.11. The van der Waals surface area contributed by atoms with E-state index < -0.39 is 0 Å². The first-order chi connectivity index (χ1) is 8.20. The molecule has 1 unspecified atom stereocenters. The van der Waals surface area contributed by atoms with Gasteiger partial charge in [-0.1, -0.05) is 29.8 Å². The van der Waals surface area contributed by atoms with E-state index in [2.05, 4.69) is 48.5 Å². The minimum Gasteiger partial charge on any atom is -0.311 e. The van der Waals surface area contributed by atoms with E-state index in [0.717, 1.165) is 6.54 Å². The second-order valence-electron chi connectivity index (χ2n) is 4.41. The third-order valence-electron chi connectivity index (χ3n) is 3.11. The minimum absolute atomic E-state index is 0.300. The third kappa shape index (κ3) is 2.74. The first-order valence-electron chi connectivity index (χ1n) is 5.93. The molecule has 0 radical (unpaired) electrons. The van der Waals surface area contributed by atoms with Crippen LogP contribution in [0.1, 0.15) is 22.9 Å². The molecule has 3 nitrogen and oxygen atoms in total. The van der Waals surface area contributed by atoms with E-state index in [1.54, 1.807) is 0 Å². The van der Waals surface area contributed by atoms with Gasteiger partial charge in [0.25, 0.3) is 0 Å². The maximum absolute atomic E-state index is 4.32. The number of aromatic nitrogens is 2. The van der Waals surface area contributed by atoms with Crippen molar-refractivity contribution >= 4 is 0 Å². The summed E-state index contributed by atoms with van der Waals surface area (Å²) >= 11 is 0. The highest BCUT2D eigenvalue weighted by molar-refractivity contribution is 5.24. The summed E-state index contributed by atoms with van der Waals surface area (Å²) < 4.78 is 2.03. The van der Waals surface area contributed by atoms with Crippen LogP contribution in [-0.4, -0.2) is 16.8 Å². The lowest BCUT2D eigenvalue weighted by Crippen LogP contribution is -2.23. The van der Waals surface area contributed by atoms with Crippen LogP contribution in [-0.2, 0) is 6.54 Å². The summed E-state index contributed by atoms with van der Waals surface area (Å²) in [6.45, 7) is 5.04. The van der Waals surface area contributed by atoms with Crippen molar-refractivity contribution in [2.24, 2.45) is 0 Å². The molecule has 0 saturated carbocycles. The van der Waals surface area contributed by atoms with E-state index in [9.17, 15) is 0 Å². The molecule has 1 atom stereocenters. The highest BCUT2D eigenvalue weighted by Crippen LogP contribution is 2.16. The van der Waals surface area contributed by atoms with Crippen molar-refractivity contribution < 1.29 is 0 Å². The van der Waals surface area contributed by atoms with E-state index >= 15 is 0 Å². The van der Waals surface area contributed by atoms with E-state index in [0.29, 0.717) is 6.04 Å². The molecule has 1 heterocycles. The molecule has 90 valence electrons. The van der Waals surface area contributed by atoms with Gasteiger partial charge in [0.05, 0.1) is 12.6 Å². The van der Waals surface area contributed by atoms with Crippen LogP contribution in [0.3, 0.4) is 0 Å². The first kappa shape index (κ1) is 11.9. The van der Waals surface area contributed by atoms with Gasteiger partial charge >= 0.3 is 0 Å². The van der Waals surface area contributed by atoms with Gasteiger partial charge in [0.1, 0.15) is 0 Å². The van der Waals surface area contributed by atoms with Gasteiger partial charge in [-0.05, 0) is 32.5 Å². The second kappa shape index (κ2) is 5.15. The van der Waals surface area contributed by atoms with E-state index in [1.807, 2.05) is 24.0 Å². The number of rotatable bonds is 4. The number of nitrogens with one attached hydrogen (secondary N) is 1. The molecule has 1 N–H and O–H groups in total. The summed E-state index contributed by atoms with van der Waals surface area (Å²) in [5, 5.41) is 7.67. The average Bonchev–Trinajstić information content (AvgIpc) is 2.73. The smallest absolute Gasteiger partial charge is 0.0607 e. The summed E-state index contributed by atoms with van der Waals surface area (Å²) in [6, 6.07) is 11.0. The molecule has 0 bridgehead atoms. The Morgan fingerprint density at radius 3 is 2.41 bits per heavy atom. The quantitative estimate of drug-likeness (QED) is 0.872. The molecule has 1 aromatic heterocycles. The molecule has 0 fully saturated rings. The zero-order chi connectivity index (χ0) is 12.3. The van der Waals surface area contributed by atoms with Gasteiger partial charge in [-0.3, -0.25) is 4.68 Å². The number of aryl methyl sites for hydroxylation is 2. The van der Waals surface area contributed by atoms with Crippen molar-refractivity contribution in [3.05, 3.63) is 53.3 Å². The fraction of sp³-hybridized carbons (Fsp3) is 0.357. The highest BCUT2D eigenvalue weighted by atomic mass is 15.3. The van der Waals surface area contributed by atoms with E-state index in [-0.39, 0.29) is 0 Å². The highest BCUT2D eigenvalue weighted by Gasteiger charge is 2.10. The fourth-order valence-electron chi connectivity index (χ4n) is 1.92. The predicted molar refractivity (Wildman–Crippen MR) is 69.9 cm³/mol. The largest absolute Gasteiger partial charge is 0.311 e. The summed E-state index contributed by atoms with van der Waals surface area (Å²) in [5.74, 6) is 0. The molecule has 0 spiro atoms. The number of benzene rings is 1. The zero-order valence-electron chi connectivity index (χ0n) is 10.6. The summed E-state index contributed by atoms with van der Waals surface area (Å²) in [5.41, 5.74) is 3.78. The predicted octanol–water partition coefficient (Wildman–Crippen LogP) is 2.46. The molecule has 3 heteroatoms. The molecule has 0 saturated heterocycles. The maximum atomic E-state index is 4.32. The molecular formula is C14H19N3. The molecule has 0 amide bonds. The van der Waals surface area contributed by atoms with Crippen molar-refractivity contribution in [3.63, 3.8) is 0 Å². The van der Waals surface area contributed by atoms with Gasteiger partial charge in [0.15, 0.2) is 0 Å². The maximum Gasteiger partial charge on any atom is 0.0607 e. The summed E-state index contributed by atoms with van der Waals surface area (Å²) in [4.78, 5) is 0. The lowest BCUT2D eigenvalue weighted by molar-refractivity contribution is 0.461. The SMILES string of the molecule is CNC(Cn1nccc1C)c1ccc(C)cc1. The van der Waals surface area contributed by atoms with Gasteiger partial charge in [0.2, 0.25) is 0 Å². The Bertz CT molecular complexity index is 470. The Kier molecular flexibility index (Phi) is 3.59. The molecule has 2 rings (SSSR count). The van der Waals surface area contributed by atoms with Crippen molar-refractivity contribution in [2.75, 3.05) is 7.05 Å². The van der Waals surface area contributed by atoms with E-state index in [4.69, 9.17) is 0 Å².